The van der Waals surface area contributed by atoms with Crippen LogP contribution < -0.4 is 25.1 Å². The van der Waals surface area contributed by atoms with Gasteiger partial charge in [0.2, 0.25) is 0 Å². The van der Waals surface area contributed by atoms with E-state index in [1.807, 2.05) is 12.1 Å². The molecule has 3 aromatic carbocycles. The van der Waals surface area contributed by atoms with Crippen molar-refractivity contribution >= 4 is 22.5 Å². The predicted octanol–water partition coefficient (Wildman–Crippen LogP) is 6.47. The fourth-order valence-electron chi connectivity index (χ4n) is 5.54. The number of fused-ring (bicyclic) bond motifs is 1. The van der Waals surface area contributed by atoms with Crippen molar-refractivity contribution in [1.29, 1.82) is 0 Å². The molecule has 2 aromatic heterocycles. The van der Waals surface area contributed by atoms with Crippen molar-refractivity contribution in [3.63, 3.8) is 0 Å². The summed E-state index contributed by atoms with van der Waals surface area (Å²) in [5, 5.41) is 3.45. The number of hydrogen-bond donors (Lipinski definition) is 1. The highest BCUT2D eigenvalue weighted by Crippen LogP contribution is 2.37. The first-order chi connectivity index (χ1) is 22.9. The number of ether oxygens (including phenoxy) is 3. The summed E-state index contributed by atoms with van der Waals surface area (Å²) in [4.78, 5) is 36.9. The largest absolute Gasteiger partial charge is 0.493 e. The normalized spacial score (nSPS) is 13.8. The number of likely N-dealkylation sites (tertiary alicyclic amines) is 1. The summed E-state index contributed by atoms with van der Waals surface area (Å²) in [6, 6.07) is 17.6. The quantitative estimate of drug-likeness (QED) is 0.164. The van der Waals surface area contributed by atoms with E-state index in [2.05, 4.69) is 27.1 Å². The van der Waals surface area contributed by atoms with Gasteiger partial charge in [0, 0.05) is 48.0 Å². The molecule has 0 unspecified atom stereocenters. The lowest BCUT2D eigenvalue weighted by Crippen LogP contribution is -2.34. The average molecular weight is 638 g/mol. The zero-order valence-electron chi connectivity index (χ0n) is 26.3. The van der Waals surface area contributed by atoms with E-state index in [9.17, 15) is 14.0 Å². The summed E-state index contributed by atoms with van der Waals surface area (Å²) in [6.45, 7) is 6.22. The summed E-state index contributed by atoms with van der Waals surface area (Å²) in [6.07, 6.45) is 7.88. The minimum Gasteiger partial charge on any atom is -0.493 e. The van der Waals surface area contributed by atoms with Crippen LogP contribution in [0.3, 0.4) is 0 Å². The number of halogens is 1. The number of piperidine rings is 1. The van der Waals surface area contributed by atoms with E-state index in [0.29, 0.717) is 46.5 Å². The zero-order valence-corrected chi connectivity index (χ0v) is 26.3. The Morgan fingerprint density at radius 1 is 0.957 bits per heavy atom. The molecular formula is C36H36FN5O5. The van der Waals surface area contributed by atoms with Crippen molar-refractivity contribution in [2.24, 2.45) is 5.92 Å². The minimum absolute atomic E-state index is 0.297. The van der Waals surface area contributed by atoms with E-state index in [1.54, 1.807) is 43.6 Å². The number of benzene rings is 3. The molecule has 0 bridgehead atoms. The Kier molecular flexibility index (Phi) is 9.72. The second-order valence-corrected chi connectivity index (χ2v) is 11.6. The van der Waals surface area contributed by atoms with Gasteiger partial charge < -0.3 is 24.4 Å². The fraction of sp³-hybridized carbons (Fsp3) is 0.278. The van der Waals surface area contributed by atoms with Crippen molar-refractivity contribution in [3.05, 3.63) is 107 Å². The van der Waals surface area contributed by atoms with Gasteiger partial charge in [-0.05, 0) is 98.9 Å². The molecular weight excluding hydrogens is 601 g/mol. The van der Waals surface area contributed by atoms with Crippen LogP contribution in [0, 0.1) is 11.7 Å². The van der Waals surface area contributed by atoms with E-state index in [-0.39, 0.29) is 5.69 Å². The number of amides is 1. The van der Waals surface area contributed by atoms with Crippen molar-refractivity contribution in [2.75, 3.05) is 38.7 Å². The maximum absolute atomic E-state index is 13.3. The lowest BCUT2D eigenvalue weighted by atomic mass is 9.99. The standard InChI is InChI=1S/C36H36FN5O5/c1-24-13-18-41(19-14-24)17-3-21-46-33-23-30-29(22-32(33)45-2)31(12-15-38-30)47-28-10-6-26(7-11-28)40-35(43)34-36(44)42(20-16-39-34)27-8-4-25(37)5-9-27/h4-12,15-16,20,22-24H,3,13-14,17-19,21H2,1-2H3,(H,40,43). The molecule has 0 aliphatic carbocycles. The monoisotopic (exact) mass is 637 g/mol. The lowest BCUT2D eigenvalue weighted by molar-refractivity contribution is 0.102. The van der Waals surface area contributed by atoms with Crippen LogP contribution >= 0.6 is 0 Å². The van der Waals surface area contributed by atoms with Crippen LogP contribution in [-0.2, 0) is 0 Å². The SMILES string of the molecule is COc1cc2c(Oc3ccc(NC(=O)c4nccn(-c5ccc(F)cc5)c4=O)cc3)ccnc2cc1OCCCN1CCC(C)CC1. The van der Waals surface area contributed by atoms with E-state index in [0.717, 1.165) is 37.4 Å². The Bertz CT molecular complexity index is 1910. The third-order valence-corrected chi connectivity index (χ3v) is 8.24. The first kappa shape index (κ1) is 31.7. The van der Waals surface area contributed by atoms with Gasteiger partial charge in [-0.25, -0.2) is 9.37 Å². The lowest BCUT2D eigenvalue weighted by Gasteiger charge is -2.30. The van der Waals surface area contributed by atoms with E-state index in [1.165, 1.54) is 54.1 Å². The molecule has 242 valence electrons. The van der Waals surface area contributed by atoms with Gasteiger partial charge in [0.1, 0.15) is 17.3 Å². The second kappa shape index (κ2) is 14.4. The Morgan fingerprint density at radius 2 is 1.72 bits per heavy atom. The van der Waals surface area contributed by atoms with E-state index in [4.69, 9.17) is 14.2 Å². The predicted molar refractivity (Wildman–Crippen MR) is 178 cm³/mol. The highest BCUT2D eigenvalue weighted by atomic mass is 19.1. The average Bonchev–Trinajstić information content (AvgIpc) is 3.08. The number of carbonyl (C=O) groups excluding carboxylic acids is 1. The highest BCUT2D eigenvalue weighted by molar-refractivity contribution is 6.02. The number of aromatic nitrogens is 3. The molecule has 1 fully saturated rings. The Hall–Kier alpha value is -5.29. The molecule has 10 nitrogen and oxygen atoms in total. The molecule has 1 amide bonds. The van der Waals surface area contributed by atoms with Crippen LogP contribution in [-0.4, -0.2) is 58.7 Å². The summed E-state index contributed by atoms with van der Waals surface area (Å²) >= 11 is 0. The van der Waals surface area contributed by atoms with E-state index >= 15 is 0 Å². The molecule has 11 heteroatoms. The number of methoxy groups -OCH3 is 1. The molecule has 6 rings (SSSR count). The first-order valence-corrected chi connectivity index (χ1v) is 15.6. The van der Waals surface area contributed by atoms with Crippen LogP contribution in [0.15, 0.2) is 90.1 Å². The van der Waals surface area contributed by atoms with Crippen LogP contribution in [0.4, 0.5) is 10.1 Å². The Balaban J connectivity index is 1.10. The molecule has 0 atom stereocenters. The number of pyridine rings is 1. The van der Waals surface area contributed by atoms with Crippen molar-refractivity contribution < 1.29 is 23.4 Å². The van der Waals surface area contributed by atoms with Gasteiger partial charge in [-0.3, -0.25) is 19.1 Å². The fourth-order valence-corrected chi connectivity index (χ4v) is 5.54. The third-order valence-electron chi connectivity index (χ3n) is 8.24. The molecule has 1 aliphatic heterocycles. The van der Waals surface area contributed by atoms with Crippen molar-refractivity contribution in [3.8, 4) is 28.7 Å². The third kappa shape index (κ3) is 7.58. The van der Waals surface area contributed by atoms with Gasteiger partial charge in [-0.15, -0.1) is 0 Å². The van der Waals surface area contributed by atoms with Crippen LogP contribution in [0.5, 0.6) is 23.0 Å². The van der Waals surface area contributed by atoms with Gasteiger partial charge in [0.15, 0.2) is 17.2 Å². The summed E-state index contributed by atoms with van der Waals surface area (Å²) in [7, 11) is 1.61. The summed E-state index contributed by atoms with van der Waals surface area (Å²) in [5.41, 5.74) is 0.636. The Labute approximate surface area is 271 Å². The number of anilines is 1. The van der Waals surface area contributed by atoms with Gasteiger partial charge in [0.05, 0.1) is 19.2 Å². The smallest absolute Gasteiger partial charge is 0.286 e. The van der Waals surface area contributed by atoms with Gasteiger partial charge in [0.25, 0.3) is 11.5 Å². The number of nitrogens with zero attached hydrogens (tertiary/aromatic N) is 4. The number of rotatable bonds is 11. The maximum Gasteiger partial charge on any atom is 0.286 e. The maximum atomic E-state index is 13.3. The molecule has 0 saturated carbocycles. The minimum atomic E-state index is -0.675. The first-order valence-electron chi connectivity index (χ1n) is 15.6. The van der Waals surface area contributed by atoms with Gasteiger partial charge in [-0.2, -0.15) is 0 Å². The van der Waals surface area contributed by atoms with Crippen molar-refractivity contribution in [1.82, 2.24) is 19.4 Å². The highest BCUT2D eigenvalue weighted by Gasteiger charge is 2.17. The van der Waals surface area contributed by atoms with Crippen molar-refractivity contribution in [2.45, 2.75) is 26.2 Å². The molecule has 3 heterocycles. The molecule has 1 saturated heterocycles. The molecule has 0 radical (unpaired) electrons. The summed E-state index contributed by atoms with van der Waals surface area (Å²) < 4.78 is 32.5. The van der Waals surface area contributed by atoms with Gasteiger partial charge >= 0.3 is 0 Å². The second-order valence-electron chi connectivity index (χ2n) is 11.6. The topological polar surface area (TPSA) is 108 Å². The number of nitrogens with one attached hydrogen (secondary N) is 1. The summed E-state index contributed by atoms with van der Waals surface area (Å²) in [5.74, 6) is 2.04. The number of hydrogen-bond acceptors (Lipinski definition) is 8. The van der Waals surface area contributed by atoms with Crippen LogP contribution in [0.2, 0.25) is 0 Å². The molecule has 0 spiro atoms. The van der Waals surface area contributed by atoms with Crippen LogP contribution in [0.1, 0.15) is 36.7 Å². The molecule has 1 N–H and O–H groups in total. The zero-order chi connectivity index (χ0) is 32.8. The van der Waals surface area contributed by atoms with E-state index < -0.39 is 17.3 Å². The molecule has 1 aliphatic rings. The molecule has 5 aromatic rings. The molecule has 47 heavy (non-hydrogen) atoms. The van der Waals surface area contributed by atoms with Gasteiger partial charge in [-0.1, -0.05) is 6.92 Å². The Morgan fingerprint density at radius 3 is 2.47 bits per heavy atom. The van der Waals surface area contributed by atoms with Crippen LogP contribution in [0.25, 0.3) is 16.6 Å². The number of carbonyl (C=O) groups is 1.